The molecule has 0 aliphatic heterocycles. The Bertz CT molecular complexity index is 940. The van der Waals surface area contributed by atoms with Crippen LogP contribution in [0.3, 0.4) is 0 Å². The highest BCUT2D eigenvalue weighted by atomic mass is 16.6. The van der Waals surface area contributed by atoms with E-state index in [4.69, 9.17) is 15.2 Å². The van der Waals surface area contributed by atoms with E-state index in [0.29, 0.717) is 12.3 Å². The van der Waals surface area contributed by atoms with E-state index in [-0.39, 0.29) is 23.6 Å². The Hall–Kier alpha value is -2.54. The Kier molecular flexibility index (Phi) is 6.71. The van der Waals surface area contributed by atoms with Gasteiger partial charge in [-0.15, -0.1) is 0 Å². The third kappa shape index (κ3) is 5.53. The number of carbonyl (C=O) groups is 1. The van der Waals surface area contributed by atoms with Crippen LogP contribution in [0, 0.1) is 5.92 Å². The SMILES string of the molecule is COc1ccc2ccc(=O)n(CC(NC(=O)OC(C)(C)C)C3CCC(N)CC3)c2c1. The van der Waals surface area contributed by atoms with Gasteiger partial charge in [-0.1, -0.05) is 0 Å². The Morgan fingerprint density at radius 2 is 1.87 bits per heavy atom. The summed E-state index contributed by atoms with van der Waals surface area (Å²) in [5, 5.41) is 3.98. The van der Waals surface area contributed by atoms with Gasteiger partial charge in [0.05, 0.1) is 18.7 Å². The molecule has 0 spiro atoms. The van der Waals surface area contributed by atoms with Gasteiger partial charge < -0.3 is 25.1 Å². The van der Waals surface area contributed by atoms with Crippen molar-refractivity contribution in [3.8, 4) is 5.75 Å². The summed E-state index contributed by atoms with van der Waals surface area (Å²) in [5.74, 6) is 0.909. The van der Waals surface area contributed by atoms with Crippen LogP contribution in [0.25, 0.3) is 10.9 Å². The highest BCUT2D eigenvalue weighted by molar-refractivity contribution is 5.80. The van der Waals surface area contributed by atoms with Crippen LogP contribution in [0.1, 0.15) is 46.5 Å². The predicted octanol–water partition coefficient (Wildman–Crippen LogP) is 3.42. The monoisotopic (exact) mass is 415 g/mol. The van der Waals surface area contributed by atoms with Crippen molar-refractivity contribution < 1.29 is 14.3 Å². The van der Waals surface area contributed by atoms with Crippen molar-refractivity contribution in [1.29, 1.82) is 0 Å². The highest BCUT2D eigenvalue weighted by Crippen LogP contribution is 2.28. The number of nitrogens with zero attached hydrogens (tertiary/aromatic N) is 1. The van der Waals surface area contributed by atoms with E-state index < -0.39 is 11.7 Å². The van der Waals surface area contributed by atoms with Gasteiger partial charge in [0.1, 0.15) is 11.4 Å². The topological polar surface area (TPSA) is 95.6 Å². The van der Waals surface area contributed by atoms with Crippen LogP contribution in [0.4, 0.5) is 4.79 Å². The lowest BCUT2D eigenvalue weighted by Gasteiger charge is -2.34. The van der Waals surface area contributed by atoms with Crippen molar-refractivity contribution in [2.75, 3.05) is 7.11 Å². The molecule has 1 unspecified atom stereocenters. The number of aromatic nitrogens is 1. The highest BCUT2D eigenvalue weighted by Gasteiger charge is 2.30. The maximum Gasteiger partial charge on any atom is 0.407 e. The van der Waals surface area contributed by atoms with Gasteiger partial charge in [-0.3, -0.25) is 4.79 Å². The first-order valence-electron chi connectivity index (χ1n) is 10.6. The van der Waals surface area contributed by atoms with Gasteiger partial charge in [-0.05, 0) is 76.0 Å². The van der Waals surface area contributed by atoms with Gasteiger partial charge >= 0.3 is 6.09 Å². The van der Waals surface area contributed by atoms with Crippen molar-refractivity contribution >= 4 is 17.0 Å². The Morgan fingerprint density at radius 3 is 2.50 bits per heavy atom. The molecule has 7 heteroatoms. The summed E-state index contributed by atoms with van der Waals surface area (Å²) < 4.78 is 12.6. The fourth-order valence-electron chi connectivity index (χ4n) is 4.10. The van der Waals surface area contributed by atoms with Crippen molar-refractivity contribution in [1.82, 2.24) is 9.88 Å². The Balaban J connectivity index is 1.93. The number of hydrogen-bond donors (Lipinski definition) is 2. The number of fused-ring (bicyclic) bond motifs is 1. The lowest BCUT2D eigenvalue weighted by molar-refractivity contribution is 0.0467. The molecule has 1 aliphatic rings. The first-order valence-corrected chi connectivity index (χ1v) is 10.6. The fourth-order valence-corrected chi connectivity index (χ4v) is 4.10. The number of amides is 1. The van der Waals surface area contributed by atoms with Crippen molar-refractivity contribution in [2.24, 2.45) is 11.7 Å². The van der Waals surface area contributed by atoms with Gasteiger partial charge in [-0.25, -0.2) is 4.79 Å². The van der Waals surface area contributed by atoms with Crippen LogP contribution in [0.2, 0.25) is 0 Å². The van der Waals surface area contributed by atoms with Crippen molar-refractivity contribution in [2.45, 2.75) is 70.7 Å². The molecule has 0 radical (unpaired) electrons. The minimum Gasteiger partial charge on any atom is -0.497 e. The second-order valence-corrected chi connectivity index (χ2v) is 9.13. The number of hydrogen-bond acceptors (Lipinski definition) is 5. The minimum absolute atomic E-state index is 0.112. The molecule has 1 atom stereocenters. The molecule has 164 valence electrons. The standard InChI is InChI=1S/C23H33N3O4/c1-23(2,3)30-22(28)25-19(15-5-9-17(24)10-6-15)14-26-20-13-18(29-4)11-7-16(20)8-12-21(26)27/h7-8,11-13,15,17,19H,5-6,9-10,14,24H2,1-4H3,(H,25,28). The maximum absolute atomic E-state index is 12.8. The number of rotatable bonds is 5. The molecule has 3 rings (SSSR count). The molecule has 1 amide bonds. The molecule has 0 saturated heterocycles. The molecule has 1 heterocycles. The van der Waals surface area contributed by atoms with Crippen LogP contribution in [-0.4, -0.2) is 35.5 Å². The molecule has 1 saturated carbocycles. The number of carbonyl (C=O) groups excluding carboxylic acids is 1. The summed E-state index contributed by atoms with van der Waals surface area (Å²) in [6.07, 6.45) is 3.17. The lowest BCUT2D eigenvalue weighted by Crippen LogP contribution is -2.48. The summed E-state index contributed by atoms with van der Waals surface area (Å²) in [5.41, 5.74) is 6.16. The zero-order valence-electron chi connectivity index (χ0n) is 18.3. The van der Waals surface area contributed by atoms with E-state index in [9.17, 15) is 9.59 Å². The van der Waals surface area contributed by atoms with E-state index in [1.807, 2.05) is 45.0 Å². The Labute approximate surface area is 177 Å². The van der Waals surface area contributed by atoms with E-state index >= 15 is 0 Å². The van der Waals surface area contributed by atoms with Crippen LogP contribution >= 0.6 is 0 Å². The molecule has 7 nitrogen and oxygen atoms in total. The molecular weight excluding hydrogens is 382 g/mol. The Morgan fingerprint density at radius 1 is 1.20 bits per heavy atom. The van der Waals surface area contributed by atoms with Gasteiger partial charge in [-0.2, -0.15) is 0 Å². The zero-order chi connectivity index (χ0) is 21.9. The largest absolute Gasteiger partial charge is 0.497 e. The van der Waals surface area contributed by atoms with E-state index in [1.54, 1.807) is 17.7 Å². The molecule has 1 aromatic heterocycles. The van der Waals surface area contributed by atoms with Gasteiger partial charge in [0.25, 0.3) is 5.56 Å². The van der Waals surface area contributed by atoms with Crippen molar-refractivity contribution in [3.63, 3.8) is 0 Å². The van der Waals surface area contributed by atoms with E-state index in [2.05, 4.69) is 5.32 Å². The molecule has 0 bridgehead atoms. The number of benzene rings is 1. The smallest absolute Gasteiger partial charge is 0.407 e. The maximum atomic E-state index is 12.8. The van der Waals surface area contributed by atoms with Crippen LogP contribution in [-0.2, 0) is 11.3 Å². The molecule has 2 aromatic rings. The van der Waals surface area contributed by atoms with Gasteiger partial charge in [0, 0.05) is 24.7 Å². The number of nitrogens with one attached hydrogen (secondary N) is 1. The summed E-state index contributed by atoms with van der Waals surface area (Å²) >= 11 is 0. The average Bonchev–Trinajstić information content (AvgIpc) is 2.68. The second-order valence-electron chi connectivity index (χ2n) is 9.13. The van der Waals surface area contributed by atoms with Crippen molar-refractivity contribution in [3.05, 3.63) is 40.7 Å². The molecule has 1 aromatic carbocycles. The minimum atomic E-state index is -0.590. The van der Waals surface area contributed by atoms with Gasteiger partial charge in [0.2, 0.25) is 0 Å². The molecular formula is C23H33N3O4. The quantitative estimate of drug-likeness (QED) is 0.780. The fraction of sp³-hybridized carbons (Fsp3) is 0.565. The van der Waals surface area contributed by atoms with Crippen LogP contribution in [0.15, 0.2) is 35.1 Å². The summed E-state index contributed by atoms with van der Waals surface area (Å²) in [7, 11) is 1.60. The number of methoxy groups -OCH3 is 1. The first kappa shape index (κ1) is 22.2. The number of alkyl carbamates (subject to hydrolysis) is 1. The van der Waals surface area contributed by atoms with E-state index in [1.165, 1.54) is 0 Å². The lowest BCUT2D eigenvalue weighted by atomic mass is 9.81. The molecule has 1 aliphatic carbocycles. The third-order valence-corrected chi connectivity index (χ3v) is 5.67. The summed E-state index contributed by atoms with van der Waals surface area (Å²) in [4.78, 5) is 25.3. The van der Waals surface area contributed by atoms with Gasteiger partial charge in [0.15, 0.2) is 0 Å². The normalized spacial score (nSPS) is 20.6. The summed E-state index contributed by atoms with van der Waals surface area (Å²) in [6, 6.07) is 9.00. The van der Waals surface area contributed by atoms with E-state index in [0.717, 1.165) is 36.6 Å². The second kappa shape index (κ2) is 9.08. The predicted molar refractivity (Wildman–Crippen MR) is 118 cm³/mol. The van der Waals surface area contributed by atoms with Crippen LogP contribution < -0.4 is 21.3 Å². The number of pyridine rings is 1. The zero-order valence-corrected chi connectivity index (χ0v) is 18.3. The molecule has 30 heavy (non-hydrogen) atoms. The number of nitrogens with two attached hydrogens (primary N) is 1. The van der Waals surface area contributed by atoms with Crippen LogP contribution in [0.5, 0.6) is 5.75 Å². The third-order valence-electron chi connectivity index (χ3n) is 5.67. The molecule has 3 N–H and O–H groups in total. The number of ether oxygens (including phenoxy) is 2. The average molecular weight is 416 g/mol. The molecule has 1 fully saturated rings. The first-order chi connectivity index (χ1) is 14.2. The summed E-state index contributed by atoms with van der Waals surface area (Å²) in [6.45, 7) is 5.87.